The molecular formula is C60H40N2OSi. The van der Waals surface area contributed by atoms with Crippen molar-refractivity contribution < 1.29 is 4.42 Å². The summed E-state index contributed by atoms with van der Waals surface area (Å²) in [6, 6.07) is 89.2. The van der Waals surface area contributed by atoms with Gasteiger partial charge in [0.1, 0.15) is 11.2 Å². The van der Waals surface area contributed by atoms with Crippen LogP contribution in [0.4, 0.5) is 0 Å². The van der Waals surface area contributed by atoms with Crippen molar-refractivity contribution in [3.63, 3.8) is 0 Å². The number of fused-ring (bicyclic) bond motifs is 9. The van der Waals surface area contributed by atoms with Crippen LogP contribution in [0.3, 0.4) is 0 Å². The molecule has 0 radical (unpaired) electrons. The zero-order valence-electron chi connectivity index (χ0n) is 34.9. The van der Waals surface area contributed by atoms with Crippen LogP contribution in [0.5, 0.6) is 0 Å². The molecule has 64 heavy (non-hydrogen) atoms. The van der Waals surface area contributed by atoms with Gasteiger partial charge in [-0.25, -0.2) is 0 Å². The molecule has 0 aliphatic heterocycles. The Morgan fingerprint density at radius 2 is 0.734 bits per heavy atom. The first-order valence-electron chi connectivity index (χ1n) is 22.0. The van der Waals surface area contributed by atoms with Gasteiger partial charge in [-0.1, -0.05) is 188 Å². The first kappa shape index (κ1) is 36.5. The lowest BCUT2D eigenvalue weighted by atomic mass is 9.95. The number of rotatable bonds is 7. The van der Waals surface area contributed by atoms with E-state index >= 15 is 0 Å². The van der Waals surface area contributed by atoms with Crippen molar-refractivity contribution in [1.82, 2.24) is 9.13 Å². The highest BCUT2D eigenvalue weighted by Crippen LogP contribution is 2.43. The molecule has 3 aromatic heterocycles. The number of furan rings is 1. The number of nitrogens with zero attached hydrogens (tertiary/aromatic N) is 2. The van der Waals surface area contributed by atoms with Crippen LogP contribution in [0.25, 0.3) is 88.1 Å². The topological polar surface area (TPSA) is 23.0 Å². The largest absolute Gasteiger partial charge is 0.456 e. The average molecular weight is 833 g/mol. The molecule has 0 amide bonds. The minimum Gasteiger partial charge on any atom is -0.456 e. The molecule has 3 nitrogen and oxygen atoms in total. The Morgan fingerprint density at radius 1 is 0.281 bits per heavy atom. The van der Waals surface area contributed by atoms with Gasteiger partial charge in [-0.05, 0) is 86.5 Å². The first-order valence-corrected chi connectivity index (χ1v) is 24.0. The zero-order chi connectivity index (χ0) is 42.2. The molecule has 0 spiro atoms. The van der Waals surface area contributed by atoms with E-state index in [1.165, 1.54) is 75.5 Å². The average Bonchev–Trinajstić information content (AvgIpc) is 4.03. The molecule has 0 bridgehead atoms. The van der Waals surface area contributed by atoms with Gasteiger partial charge in [0, 0.05) is 43.7 Å². The molecule has 13 aromatic rings. The molecule has 0 atom stereocenters. The van der Waals surface area contributed by atoms with E-state index in [9.17, 15) is 0 Å². The van der Waals surface area contributed by atoms with Crippen LogP contribution >= 0.6 is 0 Å². The normalized spacial score (nSPS) is 12.1. The Labute approximate surface area is 371 Å². The quantitative estimate of drug-likeness (QED) is 0.116. The standard InChI is InChI=1S/C60H40N2OSi/c1-4-18-43(19-5-1)64(44-20-6-2-7-21-44,45-22-8-3-9-23-45)46-37-34-41(35-38-46)61-53-29-13-10-24-47(53)48-39-36-42(40-56(48)61)62-54-30-14-11-25-51(54)59-49(27-16-31-55(59)62)50-28-17-33-58-60(50)52-26-12-15-32-57(52)63-58/h1-40H. The highest BCUT2D eigenvalue weighted by molar-refractivity contribution is 7.19. The van der Waals surface area contributed by atoms with Crippen molar-refractivity contribution in [1.29, 1.82) is 0 Å². The Bertz CT molecular complexity index is 3790. The lowest BCUT2D eigenvalue weighted by Crippen LogP contribution is -2.74. The van der Waals surface area contributed by atoms with Gasteiger partial charge < -0.3 is 13.6 Å². The maximum atomic E-state index is 6.38. The maximum Gasteiger partial charge on any atom is 0.179 e. The third-order valence-electron chi connectivity index (χ3n) is 13.5. The second kappa shape index (κ2) is 14.5. The summed E-state index contributed by atoms with van der Waals surface area (Å²) in [6.45, 7) is 0. The second-order valence-corrected chi connectivity index (χ2v) is 20.6. The Hall–Kier alpha value is -8.18. The first-order chi connectivity index (χ1) is 31.8. The van der Waals surface area contributed by atoms with E-state index in [1.807, 2.05) is 6.07 Å². The van der Waals surface area contributed by atoms with Crippen LogP contribution in [0, 0.1) is 0 Å². The monoisotopic (exact) mass is 832 g/mol. The predicted octanol–water partition coefficient (Wildman–Crippen LogP) is 12.8. The van der Waals surface area contributed by atoms with Crippen LogP contribution in [0.2, 0.25) is 0 Å². The number of hydrogen-bond donors (Lipinski definition) is 0. The molecule has 0 fully saturated rings. The maximum absolute atomic E-state index is 6.38. The molecule has 0 saturated heterocycles. The van der Waals surface area contributed by atoms with Crippen molar-refractivity contribution in [2.75, 3.05) is 0 Å². The Morgan fingerprint density at radius 3 is 1.41 bits per heavy atom. The number of benzene rings is 10. The molecule has 4 heteroatoms. The van der Waals surface area contributed by atoms with Crippen molar-refractivity contribution in [3.8, 4) is 22.5 Å². The summed E-state index contributed by atoms with van der Waals surface area (Å²) >= 11 is 0. The van der Waals surface area contributed by atoms with Crippen molar-refractivity contribution in [3.05, 3.63) is 243 Å². The van der Waals surface area contributed by atoms with E-state index in [-0.39, 0.29) is 0 Å². The molecule has 300 valence electrons. The summed E-state index contributed by atoms with van der Waals surface area (Å²) in [6.07, 6.45) is 0. The minimum absolute atomic E-state index is 0.902. The fourth-order valence-corrected chi connectivity index (χ4v) is 15.6. The number of aromatic nitrogens is 2. The van der Waals surface area contributed by atoms with Crippen LogP contribution in [0.15, 0.2) is 247 Å². The number of hydrogen-bond acceptors (Lipinski definition) is 1. The Kier molecular flexibility index (Phi) is 8.23. The highest BCUT2D eigenvalue weighted by Gasteiger charge is 2.41. The van der Waals surface area contributed by atoms with Crippen LogP contribution in [0.1, 0.15) is 0 Å². The summed E-state index contributed by atoms with van der Waals surface area (Å²) in [7, 11) is -2.68. The molecule has 3 heterocycles. The third kappa shape index (κ3) is 5.33. The lowest BCUT2D eigenvalue weighted by Gasteiger charge is -2.34. The van der Waals surface area contributed by atoms with Crippen LogP contribution in [-0.2, 0) is 0 Å². The van der Waals surface area contributed by atoms with Gasteiger partial charge in [-0.3, -0.25) is 0 Å². The Balaban J connectivity index is 1.02. The lowest BCUT2D eigenvalue weighted by molar-refractivity contribution is 0.669. The molecule has 0 saturated carbocycles. The van der Waals surface area contributed by atoms with Crippen molar-refractivity contribution in [2.45, 2.75) is 0 Å². The zero-order valence-corrected chi connectivity index (χ0v) is 35.9. The predicted molar refractivity (Wildman–Crippen MR) is 271 cm³/mol. The summed E-state index contributed by atoms with van der Waals surface area (Å²) < 4.78 is 11.3. The molecule has 0 N–H and O–H groups in total. The van der Waals surface area contributed by atoms with Gasteiger partial charge in [-0.2, -0.15) is 0 Å². The van der Waals surface area contributed by atoms with Crippen LogP contribution in [-0.4, -0.2) is 17.2 Å². The highest BCUT2D eigenvalue weighted by atomic mass is 28.3. The summed E-state index contributed by atoms with van der Waals surface area (Å²) in [5.74, 6) is 0. The molecule has 13 rings (SSSR count). The number of para-hydroxylation sites is 3. The molecule has 0 unspecified atom stereocenters. The van der Waals surface area contributed by atoms with E-state index in [0.29, 0.717) is 0 Å². The summed E-state index contributed by atoms with van der Waals surface area (Å²) in [5.41, 5.74) is 11.1. The molecular weight excluding hydrogens is 793 g/mol. The van der Waals surface area contributed by atoms with E-state index in [1.54, 1.807) is 0 Å². The molecule has 0 aliphatic rings. The van der Waals surface area contributed by atoms with Gasteiger partial charge >= 0.3 is 0 Å². The van der Waals surface area contributed by atoms with E-state index in [2.05, 4.69) is 246 Å². The van der Waals surface area contributed by atoms with Crippen LogP contribution < -0.4 is 20.7 Å². The molecule has 10 aromatic carbocycles. The van der Waals surface area contributed by atoms with Gasteiger partial charge in [0.15, 0.2) is 8.07 Å². The SMILES string of the molecule is c1ccc([Si](c2ccccc2)(c2ccccc2)c2ccc(-n3c4ccccc4c4ccc(-n5c6ccccc6c6c(-c7cccc8oc9ccccc9c78)cccc65)cc43)cc2)cc1. The van der Waals surface area contributed by atoms with Gasteiger partial charge in [0.2, 0.25) is 0 Å². The third-order valence-corrected chi connectivity index (χ3v) is 18.3. The fourth-order valence-electron chi connectivity index (χ4n) is 10.8. The van der Waals surface area contributed by atoms with E-state index in [4.69, 9.17) is 4.42 Å². The van der Waals surface area contributed by atoms with E-state index in [0.717, 1.165) is 33.3 Å². The van der Waals surface area contributed by atoms with Crippen molar-refractivity contribution in [2.24, 2.45) is 0 Å². The fraction of sp³-hybridized carbons (Fsp3) is 0. The van der Waals surface area contributed by atoms with Gasteiger partial charge in [0.05, 0.1) is 22.1 Å². The van der Waals surface area contributed by atoms with Crippen molar-refractivity contribution >= 4 is 94.4 Å². The second-order valence-electron chi connectivity index (χ2n) is 16.8. The van der Waals surface area contributed by atoms with Gasteiger partial charge in [-0.15, -0.1) is 0 Å². The summed E-state index contributed by atoms with van der Waals surface area (Å²) in [4.78, 5) is 0. The van der Waals surface area contributed by atoms with Gasteiger partial charge in [0.25, 0.3) is 0 Å². The minimum atomic E-state index is -2.68. The molecule has 0 aliphatic carbocycles. The summed E-state index contributed by atoms with van der Waals surface area (Å²) in [5, 5.41) is 12.6. The van der Waals surface area contributed by atoms with E-state index < -0.39 is 8.07 Å². The smallest absolute Gasteiger partial charge is 0.179 e.